The fourth-order valence-corrected chi connectivity index (χ4v) is 2.62. The van der Waals surface area contributed by atoms with E-state index in [4.69, 9.17) is 9.84 Å². The van der Waals surface area contributed by atoms with E-state index in [1.165, 1.54) is 12.1 Å². The van der Waals surface area contributed by atoms with E-state index in [1.807, 2.05) is 0 Å². The van der Waals surface area contributed by atoms with Crippen LogP contribution >= 0.6 is 15.9 Å². The second kappa shape index (κ2) is 7.00. The van der Waals surface area contributed by atoms with Crippen molar-refractivity contribution < 1.29 is 23.8 Å². The number of carboxylic acid groups (broad SMARTS) is 1. The van der Waals surface area contributed by atoms with Crippen molar-refractivity contribution >= 4 is 27.8 Å². The minimum Gasteiger partial charge on any atom is -0.480 e. The van der Waals surface area contributed by atoms with Crippen LogP contribution in [0.3, 0.4) is 0 Å². The summed E-state index contributed by atoms with van der Waals surface area (Å²) in [5, 5.41) is 8.55. The highest BCUT2D eigenvalue weighted by atomic mass is 79.9. The van der Waals surface area contributed by atoms with E-state index in [0.29, 0.717) is 25.9 Å². The molecule has 0 unspecified atom stereocenters. The molecular weight excluding hydrogens is 345 g/mol. The van der Waals surface area contributed by atoms with E-state index in [1.54, 1.807) is 11.0 Å². The first-order valence-electron chi connectivity index (χ1n) is 6.55. The summed E-state index contributed by atoms with van der Waals surface area (Å²) < 4.78 is 19.4. The van der Waals surface area contributed by atoms with Crippen LogP contribution in [0.15, 0.2) is 22.7 Å². The molecule has 1 amide bonds. The third-order valence-corrected chi connectivity index (χ3v) is 3.97. The molecule has 5 nitrogen and oxygen atoms in total. The highest BCUT2D eigenvalue weighted by Crippen LogP contribution is 2.22. The first-order chi connectivity index (χ1) is 9.99. The maximum absolute atomic E-state index is 13.9. The van der Waals surface area contributed by atoms with Gasteiger partial charge in [-0.05, 0) is 40.9 Å². The summed E-state index contributed by atoms with van der Waals surface area (Å²) in [6.07, 6.45) is 0.932. The van der Waals surface area contributed by atoms with Crippen LogP contribution in [0.5, 0.6) is 0 Å². The molecule has 7 heteroatoms. The monoisotopic (exact) mass is 359 g/mol. The molecule has 1 fully saturated rings. The van der Waals surface area contributed by atoms with Crippen LogP contribution in [0.1, 0.15) is 23.2 Å². The summed E-state index contributed by atoms with van der Waals surface area (Å²) in [4.78, 5) is 24.3. The fraction of sp³-hybridized carbons (Fsp3) is 0.429. The predicted octanol–water partition coefficient (Wildman–Crippen LogP) is 2.29. The van der Waals surface area contributed by atoms with Gasteiger partial charge in [-0.25, -0.2) is 9.18 Å². The Kier molecular flexibility index (Phi) is 5.30. The third kappa shape index (κ3) is 4.01. The highest BCUT2D eigenvalue weighted by molar-refractivity contribution is 9.10. The van der Waals surface area contributed by atoms with Gasteiger partial charge in [0.15, 0.2) is 0 Å². The Morgan fingerprint density at radius 1 is 1.38 bits per heavy atom. The van der Waals surface area contributed by atoms with Crippen LogP contribution in [0.25, 0.3) is 0 Å². The van der Waals surface area contributed by atoms with Crippen molar-refractivity contribution in [1.29, 1.82) is 0 Å². The Hall–Kier alpha value is -1.47. The van der Waals surface area contributed by atoms with Crippen molar-refractivity contribution in [3.05, 3.63) is 34.1 Å². The molecular formula is C14H15BrFNO4. The van der Waals surface area contributed by atoms with Crippen LogP contribution < -0.4 is 0 Å². The third-order valence-electron chi connectivity index (χ3n) is 3.35. The molecule has 1 aliphatic heterocycles. The number of hydrogen-bond donors (Lipinski definition) is 1. The molecule has 0 aromatic heterocycles. The largest absolute Gasteiger partial charge is 0.480 e. The zero-order valence-corrected chi connectivity index (χ0v) is 12.8. The van der Waals surface area contributed by atoms with Gasteiger partial charge in [-0.2, -0.15) is 0 Å². The van der Waals surface area contributed by atoms with E-state index >= 15 is 0 Å². The van der Waals surface area contributed by atoms with Crippen molar-refractivity contribution in [3.8, 4) is 0 Å². The van der Waals surface area contributed by atoms with Crippen LogP contribution in [0, 0.1) is 5.82 Å². The predicted molar refractivity (Wildman–Crippen MR) is 76.6 cm³/mol. The molecule has 0 radical (unpaired) electrons. The van der Waals surface area contributed by atoms with Crippen molar-refractivity contribution in [1.82, 2.24) is 4.90 Å². The number of hydrogen-bond acceptors (Lipinski definition) is 3. The number of carbonyl (C=O) groups is 2. The van der Waals surface area contributed by atoms with Crippen molar-refractivity contribution in [2.75, 3.05) is 19.7 Å². The van der Waals surface area contributed by atoms with E-state index in [0.717, 1.165) is 0 Å². The number of piperidine rings is 1. The van der Waals surface area contributed by atoms with Crippen molar-refractivity contribution in [3.63, 3.8) is 0 Å². The molecule has 1 aromatic rings. The number of carbonyl (C=O) groups excluding carboxylic acids is 1. The Morgan fingerprint density at radius 3 is 2.67 bits per heavy atom. The lowest BCUT2D eigenvalue weighted by Crippen LogP contribution is -2.41. The Labute approximate surface area is 129 Å². The standard InChI is InChI=1S/C14H15BrFNO4/c15-11-3-1-2-10(13(11)16)14(20)17-6-4-9(5-7-17)21-8-12(18)19/h1-3,9H,4-8H2,(H,18,19). The van der Waals surface area contributed by atoms with Gasteiger partial charge in [0.1, 0.15) is 12.4 Å². The summed E-state index contributed by atoms with van der Waals surface area (Å²) in [6.45, 7) is 0.517. The molecule has 1 saturated heterocycles. The van der Waals surface area contributed by atoms with Crippen LogP contribution in [0.2, 0.25) is 0 Å². The molecule has 0 spiro atoms. The van der Waals surface area contributed by atoms with E-state index in [2.05, 4.69) is 15.9 Å². The Bertz CT molecular complexity index is 544. The molecule has 1 aromatic carbocycles. The molecule has 0 saturated carbocycles. The minimum absolute atomic E-state index is 0.0364. The molecule has 1 aliphatic rings. The number of likely N-dealkylation sites (tertiary alicyclic amines) is 1. The van der Waals surface area contributed by atoms with Gasteiger partial charge in [-0.15, -0.1) is 0 Å². The number of halogens is 2. The average molecular weight is 360 g/mol. The molecule has 114 valence electrons. The lowest BCUT2D eigenvalue weighted by molar-refractivity contribution is -0.145. The molecule has 1 N–H and O–H groups in total. The van der Waals surface area contributed by atoms with E-state index < -0.39 is 11.8 Å². The second-order valence-corrected chi connectivity index (χ2v) is 5.65. The second-order valence-electron chi connectivity index (χ2n) is 4.80. The molecule has 21 heavy (non-hydrogen) atoms. The Morgan fingerprint density at radius 2 is 2.05 bits per heavy atom. The smallest absolute Gasteiger partial charge is 0.329 e. The number of aliphatic carboxylic acids is 1. The molecule has 0 bridgehead atoms. The minimum atomic E-state index is -1.01. The van der Waals surface area contributed by atoms with Crippen molar-refractivity contribution in [2.24, 2.45) is 0 Å². The topological polar surface area (TPSA) is 66.8 Å². The first-order valence-corrected chi connectivity index (χ1v) is 7.35. The van der Waals surface area contributed by atoms with Gasteiger partial charge in [0.05, 0.1) is 16.1 Å². The molecule has 0 atom stereocenters. The quantitative estimate of drug-likeness (QED) is 0.895. The SMILES string of the molecule is O=C(O)COC1CCN(C(=O)c2cccc(Br)c2F)CC1. The maximum atomic E-state index is 13.9. The number of nitrogens with zero attached hydrogens (tertiary/aromatic N) is 1. The number of benzene rings is 1. The van der Waals surface area contributed by atoms with Gasteiger partial charge in [0.25, 0.3) is 5.91 Å². The summed E-state index contributed by atoms with van der Waals surface area (Å²) in [5.41, 5.74) is 0.0364. The number of rotatable bonds is 4. The summed E-state index contributed by atoms with van der Waals surface area (Å²) >= 11 is 3.06. The fourth-order valence-electron chi connectivity index (χ4n) is 2.25. The van der Waals surface area contributed by atoms with E-state index in [9.17, 15) is 14.0 Å². The van der Waals surface area contributed by atoms with Gasteiger partial charge >= 0.3 is 5.97 Å². The zero-order valence-electron chi connectivity index (χ0n) is 11.2. The maximum Gasteiger partial charge on any atom is 0.329 e. The van der Waals surface area contributed by atoms with Gasteiger partial charge < -0.3 is 14.7 Å². The number of amides is 1. The lowest BCUT2D eigenvalue weighted by atomic mass is 10.1. The highest BCUT2D eigenvalue weighted by Gasteiger charge is 2.26. The van der Waals surface area contributed by atoms with Crippen LogP contribution in [-0.4, -0.2) is 47.7 Å². The van der Waals surface area contributed by atoms with E-state index in [-0.39, 0.29) is 28.7 Å². The van der Waals surface area contributed by atoms with Gasteiger partial charge in [-0.1, -0.05) is 6.07 Å². The van der Waals surface area contributed by atoms with Gasteiger partial charge in [0.2, 0.25) is 0 Å². The Balaban J connectivity index is 1.94. The van der Waals surface area contributed by atoms with Crippen LogP contribution in [0.4, 0.5) is 4.39 Å². The van der Waals surface area contributed by atoms with Gasteiger partial charge in [0, 0.05) is 13.1 Å². The zero-order chi connectivity index (χ0) is 15.4. The molecule has 2 rings (SSSR count). The molecule has 1 heterocycles. The number of carboxylic acids is 1. The summed E-state index contributed by atoms with van der Waals surface area (Å²) in [5.74, 6) is -1.93. The van der Waals surface area contributed by atoms with Crippen molar-refractivity contribution in [2.45, 2.75) is 18.9 Å². The summed E-state index contributed by atoms with van der Waals surface area (Å²) in [6, 6.07) is 4.61. The van der Waals surface area contributed by atoms with Crippen LogP contribution in [-0.2, 0) is 9.53 Å². The summed E-state index contributed by atoms with van der Waals surface area (Å²) in [7, 11) is 0. The average Bonchev–Trinajstić information content (AvgIpc) is 2.48. The number of ether oxygens (including phenoxy) is 1. The first kappa shape index (κ1) is 15.9. The normalized spacial score (nSPS) is 16.0. The van der Waals surface area contributed by atoms with Gasteiger partial charge in [-0.3, -0.25) is 4.79 Å². The molecule has 0 aliphatic carbocycles. The lowest BCUT2D eigenvalue weighted by Gasteiger charge is -2.31.